The topological polar surface area (TPSA) is 105 Å². The predicted molar refractivity (Wildman–Crippen MR) is 141 cm³/mol. The SMILES string of the molecule is CC(C)(C)OC(=O)NC1CCN(c2c(F)cc3c(O)n(OCc4ccccc4)c(=O)c4c3c2SCN4)C1. The van der Waals surface area contributed by atoms with Crippen LogP contribution in [0.15, 0.2) is 46.1 Å². The van der Waals surface area contributed by atoms with Crippen molar-refractivity contribution < 1.29 is 23.9 Å². The fraction of sp³-hybridized carbons (Fsp3) is 0.385. The number of rotatable bonds is 5. The van der Waals surface area contributed by atoms with Gasteiger partial charge in [-0.15, -0.1) is 16.5 Å². The molecule has 2 aliphatic heterocycles. The van der Waals surface area contributed by atoms with E-state index in [4.69, 9.17) is 9.57 Å². The standard InChI is InChI=1S/C26H29FN4O5S/c1-26(2,3)36-25(34)29-16-9-10-30(12-16)21-18(27)11-17-19-20(28-14-37-22(19)21)24(33)31(23(17)32)35-13-15-7-5-4-6-8-15/h4-8,11,16,28,32H,9-10,12-14H2,1-3H3,(H,29,34). The van der Waals surface area contributed by atoms with Crippen LogP contribution in [0.5, 0.6) is 5.88 Å². The van der Waals surface area contributed by atoms with Crippen LogP contribution in [0.2, 0.25) is 0 Å². The van der Waals surface area contributed by atoms with Crippen LogP contribution in [0.1, 0.15) is 32.8 Å². The Bertz CT molecular complexity index is 1410. The molecule has 5 rings (SSSR count). The quantitative estimate of drug-likeness (QED) is 0.456. The van der Waals surface area contributed by atoms with Crippen molar-refractivity contribution in [2.75, 3.05) is 29.2 Å². The molecule has 0 radical (unpaired) electrons. The van der Waals surface area contributed by atoms with Crippen LogP contribution in [0.3, 0.4) is 0 Å². The van der Waals surface area contributed by atoms with Gasteiger partial charge in [0.05, 0.1) is 23.0 Å². The Hall–Kier alpha value is -3.60. The van der Waals surface area contributed by atoms with Gasteiger partial charge in [0.1, 0.15) is 23.7 Å². The molecule has 1 fully saturated rings. The van der Waals surface area contributed by atoms with Crippen molar-refractivity contribution in [3.63, 3.8) is 0 Å². The molecule has 1 unspecified atom stereocenters. The zero-order valence-electron chi connectivity index (χ0n) is 20.8. The molecule has 0 bridgehead atoms. The fourth-order valence-electron chi connectivity index (χ4n) is 4.62. The van der Waals surface area contributed by atoms with Crippen LogP contribution in [-0.2, 0) is 11.3 Å². The molecule has 2 aromatic carbocycles. The monoisotopic (exact) mass is 528 g/mol. The van der Waals surface area contributed by atoms with Gasteiger partial charge in [0.15, 0.2) is 0 Å². The smallest absolute Gasteiger partial charge is 0.407 e. The number of carbonyl (C=O) groups excluding carboxylic acids is 1. The molecule has 1 atom stereocenters. The molecule has 2 aliphatic rings. The Kier molecular flexibility index (Phi) is 6.57. The third kappa shape index (κ3) is 5.00. The average molecular weight is 529 g/mol. The number of aromatic nitrogens is 1. The summed E-state index contributed by atoms with van der Waals surface area (Å²) in [5, 5.41) is 17.5. The maximum atomic E-state index is 15.6. The number of ether oxygens (including phenoxy) is 1. The number of benzene rings is 2. The number of pyridine rings is 1. The first kappa shape index (κ1) is 25.1. The van der Waals surface area contributed by atoms with Crippen molar-refractivity contribution in [3.05, 3.63) is 58.1 Å². The van der Waals surface area contributed by atoms with Gasteiger partial charge in [-0.3, -0.25) is 4.79 Å². The molecule has 1 amide bonds. The van der Waals surface area contributed by atoms with E-state index in [-0.39, 0.29) is 23.7 Å². The van der Waals surface area contributed by atoms with Crippen LogP contribution in [-0.4, -0.2) is 46.5 Å². The second kappa shape index (κ2) is 9.70. The van der Waals surface area contributed by atoms with Crippen molar-refractivity contribution >= 4 is 40.0 Å². The lowest BCUT2D eigenvalue weighted by Gasteiger charge is -2.28. The Balaban J connectivity index is 1.47. The van der Waals surface area contributed by atoms with Crippen molar-refractivity contribution in [2.45, 2.75) is 50.3 Å². The molecule has 9 nitrogen and oxygen atoms in total. The summed E-state index contributed by atoms with van der Waals surface area (Å²) in [5.74, 6) is -0.629. The van der Waals surface area contributed by atoms with E-state index in [1.807, 2.05) is 35.2 Å². The first-order valence-electron chi connectivity index (χ1n) is 12.0. The van der Waals surface area contributed by atoms with Gasteiger partial charge in [-0.25, -0.2) is 9.18 Å². The molecule has 0 spiro atoms. The Morgan fingerprint density at radius 1 is 1.30 bits per heavy atom. The van der Waals surface area contributed by atoms with Gasteiger partial charge >= 0.3 is 11.7 Å². The minimum atomic E-state index is -0.614. The van der Waals surface area contributed by atoms with Gasteiger partial charge < -0.3 is 30.2 Å². The van der Waals surface area contributed by atoms with E-state index < -0.39 is 29.0 Å². The molecule has 11 heteroatoms. The van der Waals surface area contributed by atoms with Gasteiger partial charge in [-0.1, -0.05) is 30.3 Å². The minimum absolute atomic E-state index is 0.0568. The maximum Gasteiger partial charge on any atom is 0.407 e. The van der Waals surface area contributed by atoms with Crippen LogP contribution >= 0.6 is 11.8 Å². The Morgan fingerprint density at radius 3 is 2.78 bits per heavy atom. The van der Waals surface area contributed by atoms with Gasteiger partial charge in [0.25, 0.3) is 0 Å². The van der Waals surface area contributed by atoms with E-state index in [9.17, 15) is 14.7 Å². The van der Waals surface area contributed by atoms with Crippen molar-refractivity contribution in [3.8, 4) is 5.88 Å². The number of carbonyl (C=O) groups is 1. The van der Waals surface area contributed by atoms with Gasteiger partial charge in [-0.05, 0) is 38.8 Å². The average Bonchev–Trinajstić information content (AvgIpc) is 3.29. The largest absolute Gasteiger partial charge is 0.492 e. The number of anilines is 2. The number of hydrogen-bond donors (Lipinski definition) is 3. The summed E-state index contributed by atoms with van der Waals surface area (Å²) >= 11 is 1.36. The molecular formula is C26H29FN4O5S. The zero-order valence-corrected chi connectivity index (χ0v) is 21.7. The van der Waals surface area contributed by atoms with E-state index >= 15 is 4.39 Å². The van der Waals surface area contributed by atoms with E-state index in [0.29, 0.717) is 41.4 Å². The molecule has 37 heavy (non-hydrogen) atoms. The summed E-state index contributed by atoms with van der Waals surface area (Å²) in [4.78, 5) is 33.6. The maximum absolute atomic E-state index is 15.6. The number of aromatic hydroxyl groups is 1. The second-order valence-corrected chi connectivity index (χ2v) is 11.0. The van der Waals surface area contributed by atoms with Crippen molar-refractivity contribution in [2.24, 2.45) is 0 Å². The number of nitrogens with zero attached hydrogens (tertiary/aromatic N) is 2. The van der Waals surface area contributed by atoms with Crippen molar-refractivity contribution in [1.29, 1.82) is 0 Å². The van der Waals surface area contributed by atoms with E-state index in [0.717, 1.165) is 10.3 Å². The summed E-state index contributed by atoms with van der Waals surface area (Å²) < 4.78 is 21.8. The second-order valence-electron chi connectivity index (χ2n) is 10.1. The van der Waals surface area contributed by atoms with Gasteiger partial charge in [-0.2, -0.15) is 0 Å². The molecule has 0 saturated carbocycles. The summed E-state index contributed by atoms with van der Waals surface area (Å²) in [6, 6.07) is 10.3. The highest BCUT2D eigenvalue weighted by molar-refractivity contribution is 7.99. The summed E-state index contributed by atoms with van der Waals surface area (Å²) in [6.07, 6.45) is 0.105. The molecule has 3 N–H and O–H groups in total. The Morgan fingerprint density at radius 2 is 2.05 bits per heavy atom. The number of hydrogen-bond acceptors (Lipinski definition) is 8. The number of alkyl carbamates (subject to hydrolysis) is 1. The lowest BCUT2D eigenvalue weighted by atomic mass is 10.1. The molecule has 196 valence electrons. The highest BCUT2D eigenvalue weighted by Crippen LogP contribution is 2.46. The van der Waals surface area contributed by atoms with Crippen LogP contribution < -0.4 is 25.9 Å². The first-order chi connectivity index (χ1) is 17.6. The molecule has 3 aromatic rings. The van der Waals surface area contributed by atoms with Gasteiger partial charge in [0, 0.05) is 23.4 Å². The van der Waals surface area contributed by atoms with Crippen LogP contribution in [0.25, 0.3) is 10.8 Å². The molecular weight excluding hydrogens is 499 g/mol. The fourth-order valence-corrected chi connectivity index (χ4v) is 5.70. The molecule has 1 saturated heterocycles. The summed E-state index contributed by atoms with van der Waals surface area (Å²) in [7, 11) is 0. The van der Waals surface area contributed by atoms with Crippen LogP contribution in [0, 0.1) is 5.82 Å². The first-order valence-corrected chi connectivity index (χ1v) is 13.0. The predicted octanol–water partition coefficient (Wildman–Crippen LogP) is 4.05. The lowest BCUT2D eigenvalue weighted by molar-refractivity contribution is 0.0509. The molecule has 0 aliphatic carbocycles. The third-order valence-corrected chi connectivity index (χ3v) is 7.16. The highest BCUT2D eigenvalue weighted by Gasteiger charge is 2.33. The van der Waals surface area contributed by atoms with Gasteiger partial charge in [0.2, 0.25) is 5.88 Å². The zero-order chi connectivity index (χ0) is 26.3. The Labute approximate surface area is 217 Å². The lowest BCUT2D eigenvalue weighted by Crippen LogP contribution is -2.40. The summed E-state index contributed by atoms with van der Waals surface area (Å²) in [6.45, 7) is 6.34. The van der Waals surface area contributed by atoms with E-state index in [1.165, 1.54) is 17.8 Å². The van der Waals surface area contributed by atoms with Crippen molar-refractivity contribution in [1.82, 2.24) is 10.0 Å². The number of amides is 1. The van der Waals surface area contributed by atoms with Crippen LogP contribution in [0.4, 0.5) is 20.6 Å². The highest BCUT2D eigenvalue weighted by atomic mass is 32.2. The molecule has 1 aromatic heterocycles. The minimum Gasteiger partial charge on any atom is -0.492 e. The summed E-state index contributed by atoms with van der Waals surface area (Å²) in [5.41, 5.74) is 0.258. The number of nitrogens with one attached hydrogen (secondary N) is 2. The number of thioether (sulfide) groups is 1. The molecule has 3 heterocycles. The number of halogens is 1. The van der Waals surface area contributed by atoms with E-state index in [1.54, 1.807) is 20.8 Å². The normalized spacial score (nSPS) is 17.0. The third-order valence-electron chi connectivity index (χ3n) is 6.18. The van der Waals surface area contributed by atoms with E-state index in [2.05, 4.69) is 10.6 Å².